The number of rotatable bonds is 17. The third-order valence-corrected chi connectivity index (χ3v) is 5.39. The zero-order valence-electron chi connectivity index (χ0n) is 17.9. The minimum Gasteiger partial charge on any atom is -0.462 e. The molecule has 0 N–H and O–H groups in total. The maximum Gasteiger partial charge on any atom is 0.309 e. The molecule has 0 fully saturated rings. The van der Waals surface area contributed by atoms with Gasteiger partial charge in [-0.15, -0.1) is 0 Å². The molecule has 2 heteroatoms. The summed E-state index contributed by atoms with van der Waals surface area (Å²) in [5.74, 6) is 0.578. The van der Waals surface area contributed by atoms with E-state index in [4.69, 9.17) is 4.74 Å². The first-order valence-corrected chi connectivity index (χ1v) is 11.2. The van der Waals surface area contributed by atoms with Crippen LogP contribution in [0.15, 0.2) is 0 Å². The van der Waals surface area contributed by atoms with E-state index in [0.717, 1.165) is 12.8 Å². The van der Waals surface area contributed by atoms with E-state index < -0.39 is 0 Å². The van der Waals surface area contributed by atoms with Crippen LogP contribution in [-0.4, -0.2) is 12.1 Å². The second-order valence-corrected chi connectivity index (χ2v) is 8.20. The number of unbranched alkanes of at least 4 members (excludes halogenated alkanes) is 10. The van der Waals surface area contributed by atoms with Gasteiger partial charge in [-0.05, 0) is 25.7 Å². The van der Waals surface area contributed by atoms with Gasteiger partial charge in [-0.25, -0.2) is 0 Å². The van der Waals surface area contributed by atoms with Crippen molar-refractivity contribution in [3.05, 3.63) is 0 Å². The van der Waals surface area contributed by atoms with Crippen molar-refractivity contribution < 1.29 is 9.53 Å². The van der Waals surface area contributed by atoms with Gasteiger partial charge in [-0.1, -0.05) is 105 Å². The monoisotopic (exact) mass is 354 g/mol. The zero-order chi connectivity index (χ0) is 18.9. The molecule has 0 aromatic rings. The fourth-order valence-electron chi connectivity index (χ4n) is 3.14. The SMILES string of the molecule is CCCCCCCCC(CCCCCCCC)C(=O)OC(C)C(C)C. The highest BCUT2D eigenvalue weighted by molar-refractivity contribution is 5.72. The summed E-state index contributed by atoms with van der Waals surface area (Å²) in [5.41, 5.74) is 0. The van der Waals surface area contributed by atoms with Gasteiger partial charge in [0, 0.05) is 0 Å². The number of carbonyl (C=O) groups is 1. The Labute approximate surface area is 158 Å². The first kappa shape index (κ1) is 24.5. The standard InChI is InChI=1S/C23H46O2/c1-6-8-10-12-14-16-18-22(19-17-15-13-11-9-7-2)23(24)25-21(5)20(3)4/h20-22H,6-19H2,1-5H3. The summed E-state index contributed by atoms with van der Waals surface area (Å²) in [6.45, 7) is 10.8. The van der Waals surface area contributed by atoms with E-state index >= 15 is 0 Å². The van der Waals surface area contributed by atoms with Gasteiger partial charge in [-0.3, -0.25) is 4.79 Å². The second kappa shape index (κ2) is 16.9. The van der Waals surface area contributed by atoms with Crippen LogP contribution in [0, 0.1) is 11.8 Å². The predicted molar refractivity (Wildman–Crippen MR) is 110 cm³/mol. The molecule has 0 aromatic carbocycles. The summed E-state index contributed by atoms with van der Waals surface area (Å²) < 4.78 is 5.73. The van der Waals surface area contributed by atoms with E-state index in [-0.39, 0.29) is 18.0 Å². The van der Waals surface area contributed by atoms with Crippen LogP contribution in [0.4, 0.5) is 0 Å². The van der Waals surface area contributed by atoms with Gasteiger partial charge in [0.15, 0.2) is 0 Å². The van der Waals surface area contributed by atoms with Crippen molar-refractivity contribution in [2.24, 2.45) is 11.8 Å². The molecule has 1 atom stereocenters. The van der Waals surface area contributed by atoms with Crippen molar-refractivity contribution in [3.8, 4) is 0 Å². The average Bonchev–Trinajstić information content (AvgIpc) is 2.58. The third-order valence-electron chi connectivity index (χ3n) is 5.39. The average molecular weight is 355 g/mol. The minimum absolute atomic E-state index is 0.0316. The fraction of sp³-hybridized carbons (Fsp3) is 0.957. The van der Waals surface area contributed by atoms with Gasteiger partial charge in [-0.2, -0.15) is 0 Å². The molecule has 25 heavy (non-hydrogen) atoms. The maximum atomic E-state index is 12.6. The first-order valence-electron chi connectivity index (χ1n) is 11.2. The van der Waals surface area contributed by atoms with E-state index in [9.17, 15) is 4.79 Å². The Kier molecular flexibility index (Phi) is 16.6. The largest absolute Gasteiger partial charge is 0.462 e. The molecular formula is C23H46O2. The lowest BCUT2D eigenvalue weighted by Crippen LogP contribution is -2.26. The Balaban J connectivity index is 4.18. The Hall–Kier alpha value is -0.530. The molecule has 0 amide bonds. The van der Waals surface area contributed by atoms with Crippen LogP contribution in [0.3, 0.4) is 0 Å². The van der Waals surface area contributed by atoms with Crippen LogP contribution in [0.25, 0.3) is 0 Å². The fourth-order valence-corrected chi connectivity index (χ4v) is 3.14. The lowest BCUT2D eigenvalue weighted by Gasteiger charge is -2.21. The summed E-state index contributed by atoms with van der Waals surface area (Å²) in [6, 6.07) is 0. The highest BCUT2D eigenvalue weighted by Crippen LogP contribution is 2.22. The van der Waals surface area contributed by atoms with Crippen LogP contribution in [0.2, 0.25) is 0 Å². The van der Waals surface area contributed by atoms with Gasteiger partial charge >= 0.3 is 5.97 Å². The Bertz CT molecular complexity index is 282. The van der Waals surface area contributed by atoms with Crippen molar-refractivity contribution in [1.29, 1.82) is 0 Å². The van der Waals surface area contributed by atoms with Gasteiger partial charge in [0.1, 0.15) is 6.10 Å². The van der Waals surface area contributed by atoms with Crippen LogP contribution in [0.1, 0.15) is 125 Å². The van der Waals surface area contributed by atoms with Crippen molar-refractivity contribution in [1.82, 2.24) is 0 Å². The Morgan fingerprint density at radius 2 is 1.08 bits per heavy atom. The molecular weight excluding hydrogens is 308 g/mol. The number of carbonyl (C=O) groups excluding carboxylic acids is 1. The van der Waals surface area contributed by atoms with Crippen molar-refractivity contribution >= 4 is 5.97 Å². The molecule has 0 saturated carbocycles. The molecule has 2 nitrogen and oxygen atoms in total. The topological polar surface area (TPSA) is 26.3 Å². The first-order chi connectivity index (χ1) is 12.0. The smallest absolute Gasteiger partial charge is 0.309 e. The molecule has 150 valence electrons. The van der Waals surface area contributed by atoms with Crippen molar-refractivity contribution in [2.75, 3.05) is 0 Å². The highest BCUT2D eigenvalue weighted by atomic mass is 16.5. The Morgan fingerprint density at radius 1 is 0.680 bits per heavy atom. The third kappa shape index (κ3) is 14.3. The summed E-state index contributed by atoms with van der Waals surface area (Å²) in [7, 11) is 0. The lowest BCUT2D eigenvalue weighted by atomic mass is 9.94. The second-order valence-electron chi connectivity index (χ2n) is 8.20. The summed E-state index contributed by atoms with van der Waals surface area (Å²) in [6.07, 6.45) is 17.5. The van der Waals surface area contributed by atoms with Gasteiger partial charge in [0.25, 0.3) is 0 Å². The highest BCUT2D eigenvalue weighted by Gasteiger charge is 2.22. The molecule has 0 aliphatic carbocycles. The van der Waals surface area contributed by atoms with Crippen molar-refractivity contribution in [3.63, 3.8) is 0 Å². The minimum atomic E-state index is 0.0316. The molecule has 0 saturated heterocycles. The molecule has 0 bridgehead atoms. The zero-order valence-corrected chi connectivity index (χ0v) is 17.9. The molecule has 0 radical (unpaired) electrons. The molecule has 0 aliphatic heterocycles. The quantitative estimate of drug-likeness (QED) is 0.198. The Morgan fingerprint density at radius 3 is 1.48 bits per heavy atom. The molecule has 0 spiro atoms. The van der Waals surface area contributed by atoms with Crippen LogP contribution < -0.4 is 0 Å². The number of hydrogen-bond acceptors (Lipinski definition) is 2. The van der Waals surface area contributed by atoms with Gasteiger partial charge < -0.3 is 4.74 Å². The van der Waals surface area contributed by atoms with E-state index in [1.165, 1.54) is 77.0 Å². The maximum absolute atomic E-state index is 12.6. The molecule has 1 unspecified atom stereocenters. The number of ether oxygens (including phenoxy) is 1. The van der Waals surface area contributed by atoms with Crippen molar-refractivity contribution in [2.45, 2.75) is 131 Å². The van der Waals surface area contributed by atoms with Gasteiger partial charge in [0.2, 0.25) is 0 Å². The van der Waals surface area contributed by atoms with Gasteiger partial charge in [0.05, 0.1) is 5.92 Å². The molecule has 0 rings (SSSR count). The normalized spacial score (nSPS) is 12.8. The van der Waals surface area contributed by atoms with Crippen LogP contribution >= 0.6 is 0 Å². The van der Waals surface area contributed by atoms with Crippen LogP contribution in [0.5, 0.6) is 0 Å². The predicted octanol–water partition coefficient (Wildman–Crippen LogP) is 7.69. The van der Waals surface area contributed by atoms with E-state index in [1.807, 2.05) is 6.92 Å². The number of esters is 1. The lowest BCUT2D eigenvalue weighted by molar-refractivity contribution is -0.155. The van der Waals surface area contributed by atoms with E-state index in [2.05, 4.69) is 27.7 Å². The van der Waals surface area contributed by atoms with E-state index in [1.54, 1.807) is 0 Å². The van der Waals surface area contributed by atoms with Crippen LogP contribution in [-0.2, 0) is 9.53 Å². The number of hydrogen-bond donors (Lipinski definition) is 0. The summed E-state index contributed by atoms with van der Waals surface area (Å²) in [4.78, 5) is 12.6. The summed E-state index contributed by atoms with van der Waals surface area (Å²) in [5, 5.41) is 0. The van der Waals surface area contributed by atoms with E-state index in [0.29, 0.717) is 5.92 Å². The molecule has 0 aliphatic rings. The molecule has 0 aromatic heterocycles. The summed E-state index contributed by atoms with van der Waals surface area (Å²) >= 11 is 0. The molecule has 0 heterocycles.